The second kappa shape index (κ2) is 11.2. The second-order valence-electron chi connectivity index (χ2n) is 10.7. The molecule has 0 unspecified atom stereocenters. The van der Waals surface area contributed by atoms with Gasteiger partial charge in [0.2, 0.25) is 5.91 Å². The lowest BCUT2D eigenvalue weighted by atomic mass is 9.98. The maximum Gasteiger partial charge on any atom is 0.410 e. The van der Waals surface area contributed by atoms with Crippen molar-refractivity contribution >= 4 is 23.9 Å². The van der Waals surface area contributed by atoms with Crippen molar-refractivity contribution in [3.8, 4) is 11.1 Å². The zero-order valence-corrected chi connectivity index (χ0v) is 21.9. The SMILES string of the molecule is CC(C)(C)OC(=O)CC[C@H](NC(=O)[C@@H]1CCCN1C(=O)OCC1c2ccccc2-c2ccccc21)C(=O)O. The normalized spacial score (nSPS) is 17.3. The van der Waals surface area contributed by atoms with E-state index in [1.165, 1.54) is 4.90 Å². The third-order valence-corrected chi connectivity index (χ3v) is 6.80. The number of hydrogen-bond donors (Lipinski definition) is 2. The van der Waals surface area contributed by atoms with Crippen LogP contribution in [0.15, 0.2) is 48.5 Å². The third kappa shape index (κ3) is 6.15. The molecular formula is C29H34N2O7. The Labute approximate surface area is 222 Å². The highest BCUT2D eigenvalue weighted by Gasteiger charge is 2.38. The van der Waals surface area contributed by atoms with Crippen LogP contribution in [0.25, 0.3) is 11.1 Å². The minimum Gasteiger partial charge on any atom is -0.480 e. The van der Waals surface area contributed by atoms with Crippen molar-refractivity contribution in [2.75, 3.05) is 13.2 Å². The van der Waals surface area contributed by atoms with E-state index in [0.29, 0.717) is 19.4 Å². The third-order valence-electron chi connectivity index (χ3n) is 6.80. The van der Waals surface area contributed by atoms with E-state index in [1.54, 1.807) is 20.8 Å². The maximum atomic E-state index is 13.1. The lowest BCUT2D eigenvalue weighted by molar-refractivity contribution is -0.155. The van der Waals surface area contributed by atoms with Gasteiger partial charge in [-0.05, 0) is 62.3 Å². The van der Waals surface area contributed by atoms with E-state index in [4.69, 9.17) is 9.47 Å². The van der Waals surface area contributed by atoms with Gasteiger partial charge in [0.25, 0.3) is 0 Å². The van der Waals surface area contributed by atoms with E-state index in [-0.39, 0.29) is 25.4 Å². The minimum absolute atomic E-state index is 0.106. The van der Waals surface area contributed by atoms with Gasteiger partial charge in [0.1, 0.15) is 24.3 Å². The van der Waals surface area contributed by atoms with Crippen LogP contribution < -0.4 is 5.32 Å². The van der Waals surface area contributed by atoms with Crippen molar-refractivity contribution in [3.63, 3.8) is 0 Å². The van der Waals surface area contributed by atoms with Crippen LogP contribution in [0.5, 0.6) is 0 Å². The van der Waals surface area contributed by atoms with E-state index < -0.39 is 41.6 Å². The molecule has 9 nitrogen and oxygen atoms in total. The van der Waals surface area contributed by atoms with Gasteiger partial charge in [-0.3, -0.25) is 14.5 Å². The van der Waals surface area contributed by atoms with Crippen LogP contribution in [0, 0.1) is 0 Å². The van der Waals surface area contributed by atoms with E-state index in [2.05, 4.69) is 17.4 Å². The number of likely N-dealkylation sites (tertiary alicyclic amines) is 1. The number of nitrogens with zero attached hydrogens (tertiary/aromatic N) is 1. The number of aliphatic carboxylic acids is 1. The van der Waals surface area contributed by atoms with Gasteiger partial charge in [-0.25, -0.2) is 9.59 Å². The number of carboxylic acids is 1. The molecule has 4 rings (SSSR count). The molecule has 0 aromatic heterocycles. The molecule has 2 aromatic carbocycles. The molecule has 2 amide bonds. The first kappa shape index (κ1) is 27.2. The van der Waals surface area contributed by atoms with Crippen LogP contribution in [0.3, 0.4) is 0 Å². The predicted molar refractivity (Wildman–Crippen MR) is 139 cm³/mol. The first-order valence-corrected chi connectivity index (χ1v) is 12.9. The molecule has 2 N–H and O–H groups in total. The highest BCUT2D eigenvalue weighted by Crippen LogP contribution is 2.44. The van der Waals surface area contributed by atoms with Gasteiger partial charge in [-0.15, -0.1) is 0 Å². The molecule has 1 aliphatic heterocycles. The van der Waals surface area contributed by atoms with Crippen molar-refractivity contribution in [1.82, 2.24) is 10.2 Å². The average molecular weight is 523 g/mol. The van der Waals surface area contributed by atoms with E-state index in [9.17, 15) is 24.3 Å². The summed E-state index contributed by atoms with van der Waals surface area (Å²) in [6, 6.07) is 13.9. The van der Waals surface area contributed by atoms with E-state index in [1.807, 2.05) is 36.4 Å². The summed E-state index contributed by atoms with van der Waals surface area (Å²) in [4.78, 5) is 51.2. The summed E-state index contributed by atoms with van der Waals surface area (Å²) in [5, 5.41) is 12.1. The molecule has 38 heavy (non-hydrogen) atoms. The number of carbonyl (C=O) groups excluding carboxylic acids is 3. The Kier molecular flexibility index (Phi) is 8.04. The Hall–Kier alpha value is -3.88. The van der Waals surface area contributed by atoms with E-state index in [0.717, 1.165) is 22.3 Å². The molecule has 0 saturated carbocycles. The molecular weight excluding hydrogens is 488 g/mol. The number of nitrogens with one attached hydrogen (secondary N) is 1. The highest BCUT2D eigenvalue weighted by molar-refractivity contribution is 5.90. The monoisotopic (exact) mass is 522 g/mol. The number of ether oxygens (including phenoxy) is 2. The summed E-state index contributed by atoms with van der Waals surface area (Å²) in [5.74, 6) is -2.48. The molecule has 2 aromatic rings. The van der Waals surface area contributed by atoms with Crippen LogP contribution >= 0.6 is 0 Å². The van der Waals surface area contributed by atoms with Crippen molar-refractivity contribution < 1.29 is 33.8 Å². The second-order valence-corrected chi connectivity index (χ2v) is 10.7. The van der Waals surface area contributed by atoms with Gasteiger partial charge < -0.3 is 19.9 Å². The summed E-state index contributed by atoms with van der Waals surface area (Å²) >= 11 is 0. The molecule has 1 saturated heterocycles. The summed E-state index contributed by atoms with van der Waals surface area (Å²) in [7, 11) is 0. The lowest BCUT2D eigenvalue weighted by Crippen LogP contribution is -2.51. The number of carboxylic acid groups (broad SMARTS) is 1. The van der Waals surface area contributed by atoms with Crippen molar-refractivity contribution in [2.45, 2.75) is 70.1 Å². The topological polar surface area (TPSA) is 122 Å². The predicted octanol–water partition coefficient (Wildman–Crippen LogP) is 4.09. The fraction of sp³-hybridized carbons (Fsp3) is 0.448. The van der Waals surface area contributed by atoms with Crippen LogP contribution in [-0.4, -0.2) is 64.8 Å². The minimum atomic E-state index is -1.28. The first-order valence-electron chi connectivity index (χ1n) is 12.9. The fourth-order valence-electron chi connectivity index (χ4n) is 5.11. The molecule has 2 aliphatic rings. The first-order chi connectivity index (χ1) is 18.0. The number of rotatable bonds is 8. The van der Waals surface area contributed by atoms with Gasteiger partial charge in [0.15, 0.2) is 0 Å². The molecule has 0 radical (unpaired) electrons. The van der Waals surface area contributed by atoms with Crippen molar-refractivity contribution in [3.05, 3.63) is 59.7 Å². The molecule has 1 aliphatic carbocycles. The number of benzene rings is 2. The number of fused-ring (bicyclic) bond motifs is 3. The average Bonchev–Trinajstić information content (AvgIpc) is 3.47. The van der Waals surface area contributed by atoms with Gasteiger partial charge >= 0.3 is 18.0 Å². The Morgan fingerprint density at radius 2 is 1.63 bits per heavy atom. The molecule has 0 bridgehead atoms. The van der Waals surface area contributed by atoms with Crippen LogP contribution in [-0.2, 0) is 23.9 Å². The summed E-state index contributed by atoms with van der Waals surface area (Å²) in [6.07, 6.45) is 0.111. The molecule has 0 spiro atoms. The largest absolute Gasteiger partial charge is 0.480 e. The van der Waals surface area contributed by atoms with Crippen LogP contribution in [0.2, 0.25) is 0 Å². The van der Waals surface area contributed by atoms with Gasteiger partial charge in [-0.1, -0.05) is 48.5 Å². The maximum absolute atomic E-state index is 13.1. The quantitative estimate of drug-likeness (QED) is 0.501. The molecule has 1 heterocycles. The molecule has 202 valence electrons. The van der Waals surface area contributed by atoms with Crippen molar-refractivity contribution in [2.24, 2.45) is 0 Å². The highest BCUT2D eigenvalue weighted by atomic mass is 16.6. The Bertz CT molecular complexity index is 1170. The summed E-state index contributed by atoms with van der Waals surface area (Å²) < 4.78 is 10.9. The number of esters is 1. The van der Waals surface area contributed by atoms with E-state index >= 15 is 0 Å². The Morgan fingerprint density at radius 1 is 1.03 bits per heavy atom. The van der Waals surface area contributed by atoms with Gasteiger partial charge in [-0.2, -0.15) is 0 Å². The fourth-order valence-corrected chi connectivity index (χ4v) is 5.11. The summed E-state index contributed by atoms with van der Waals surface area (Å²) in [6.45, 7) is 5.63. The Balaban J connectivity index is 1.36. The number of amides is 2. The molecule has 9 heteroatoms. The van der Waals surface area contributed by atoms with Crippen LogP contribution in [0.4, 0.5) is 4.79 Å². The van der Waals surface area contributed by atoms with Gasteiger partial charge in [0, 0.05) is 18.9 Å². The zero-order chi connectivity index (χ0) is 27.4. The van der Waals surface area contributed by atoms with Crippen LogP contribution in [0.1, 0.15) is 63.5 Å². The van der Waals surface area contributed by atoms with Gasteiger partial charge in [0.05, 0.1) is 0 Å². The van der Waals surface area contributed by atoms with Crippen molar-refractivity contribution in [1.29, 1.82) is 0 Å². The zero-order valence-electron chi connectivity index (χ0n) is 21.9. The molecule has 2 atom stereocenters. The molecule has 1 fully saturated rings. The number of hydrogen-bond acceptors (Lipinski definition) is 6. The lowest BCUT2D eigenvalue weighted by Gasteiger charge is -2.26. The summed E-state index contributed by atoms with van der Waals surface area (Å²) in [5.41, 5.74) is 3.73. The number of carbonyl (C=O) groups is 4. The standard InChI is InChI=1S/C29H34N2O7/c1-29(2,3)38-25(32)15-14-23(27(34)35)30-26(33)24-13-8-16-31(24)28(36)37-17-22-20-11-6-4-9-18(20)19-10-5-7-12-21(19)22/h4-7,9-12,22-24H,8,13-17H2,1-3H3,(H,30,33)(H,34,35)/t23-,24-/m0/s1. The smallest absolute Gasteiger partial charge is 0.410 e. The Morgan fingerprint density at radius 3 is 2.21 bits per heavy atom.